The number of nitro benzene ring substituents is 2. The molecule has 1 aromatic carbocycles. The number of anilines is 1. The minimum absolute atomic E-state index is 0.0209. The van der Waals surface area contributed by atoms with Gasteiger partial charge in [-0.3, -0.25) is 25.0 Å². The average Bonchev–Trinajstić information content (AvgIpc) is 2.81. The van der Waals surface area contributed by atoms with Crippen molar-refractivity contribution in [3.05, 3.63) is 36.9 Å². The van der Waals surface area contributed by atoms with Crippen LogP contribution in [0.25, 0.3) is 0 Å². The van der Waals surface area contributed by atoms with Crippen molar-refractivity contribution >= 4 is 34.6 Å². The lowest BCUT2D eigenvalue weighted by Crippen LogP contribution is -2.26. The Morgan fingerprint density at radius 3 is 2.22 bits per heavy atom. The third-order valence-corrected chi connectivity index (χ3v) is 3.60. The van der Waals surface area contributed by atoms with Crippen LogP contribution in [-0.4, -0.2) is 22.3 Å². The summed E-state index contributed by atoms with van der Waals surface area (Å²) >= 11 is 5.47. The second kappa shape index (κ2) is 5.65. The lowest BCUT2D eigenvalue weighted by Gasteiger charge is -2.18. The molecule has 0 saturated carbocycles. The molecule has 1 aliphatic heterocycles. The topological polar surface area (TPSA) is 107 Å². The van der Waals surface area contributed by atoms with Crippen LogP contribution in [0.1, 0.15) is 18.4 Å². The molecule has 1 aromatic rings. The van der Waals surface area contributed by atoms with Crippen molar-refractivity contribution in [2.75, 3.05) is 11.4 Å². The van der Waals surface area contributed by atoms with E-state index in [4.69, 9.17) is 11.6 Å². The molecular formula is C11H7ClF3N3O5. The van der Waals surface area contributed by atoms with Crippen molar-refractivity contribution in [3.63, 3.8) is 0 Å². The van der Waals surface area contributed by atoms with Crippen LogP contribution in [0.4, 0.5) is 30.2 Å². The Morgan fingerprint density at radius 1 is 1.22 bits per heavy atom. The van der Waals surface area contributed by atoms with E-state index in [9.17, 15) is 38.2 Å². The molecule has 0 unspecified atom stereocenters. The smallest absolute Gasteiger partial charge is 0.301 e. The standard InChI is InChI=1S/C11H7ClF3N3O5/c12-8-5(11(13,14)15)4-6(17(20)21)9(10(8)18(22)23)16-3-1-2-7(16)19/h4H,1-3H2. The lowest BCUT2D eigenvalue weighted by atomic mass is 10.1. The molecular weight excluding hydrogens is 347 g/mol. The number of amides is 1. The van der Waals surface area contributed by atoms with E-state index in [0.29, 0.717) is 0 Å². The Balaban J connectivity index is 2.88. The largest absolute Gasteiger partial charge is 0.418 e. The number of nitro groups is 2. The molecule has 0 spiro atoms. The minimum atomic E-state index is -5.12. The first kappa shape index (κ1) is 16.9. The van der Waals surface area contributed by atoms with Gasteiger partial charge in [0.05, 0.1) is 15.4 Å². The molecule has 0 aliphatic carbocycles. The van der Waals surface area contributed by atoms with Crippen LogP contribution >= 0.6 is 11.6 Å². The predicted octanol–water partition coefficient (Wildman–Crippen LogP) is 3.30. The molecule has 124 valence electrons. The van der Waals surface area contributed by atoms with Gasteiger partial charge in [-0.15, -0.1) is 0 Å². The van der Waals surface area contributed by atoms with E-state index in [1.54, 1.807) is 0 Å². The fourth-order valence-corrected chi connectivity index (χ4v) is 2.60. The minimum Gasteiger partial charge on any atom is -0.301 e. The molecule has 23 heavy (non-hydrogen) atoms. The van der Waals surface area contributed by atoms with E-state index in [0.717, 1.165) is 4.90 Å². The van der Waals surface area contributed by atoms with E-state index < -0.39 is 49.6 Å². The molecule has 2 rings (SSSR count). The maximum absolute atomic E-state index is 12.9. The van der Waals surface area contributed by atoms with Crippen LogP contribution in [-0.2, 0) is 11.0 Å². The number of carbonyl (C=O) groups excluding carboxylic acids is 1. The maximum Gasteiger partial charge on any atom is 0.418 e. The molecule has 0 aromatic heterocycles. The second-order valence-electron chi connectivity index (χ2n) is 4.62. The van der Waals surface area contributed by atoms with Gasteiger partial charge in [0.1, 0.15) is 5.02 Å². The van der Waals surface area contributed by atoms with Gasteiger partial charge < -0.3 is 4.90 Å². The Bertz CT molecular complexity index is 722. The van der Waals surface area contributed by atoms with Gasteiger partial charge >= 0.3 is 17.6 Å². The summed E-state index contributed by atoms with van der Waals surface area (Å²) < 4.78 is 38.7. The van der Waals surface area contributed by atoms with Crippen molar-refractivity contribution in [1.29, 1.82) is 0 Å². The third kappa shape index (κ3) is 2.91. The zero-order valence-electron chi connectivity index (χ0n) is 11.1. The van der Waals surface area contributed by atoms with Crippen LogP contribution in [0.5, 0.6) is 0 Å². The van der Waals surface area contributed by atoms with E-state index in [2.05, 4.69) is 0 Å². The van der Waals surface area contributed by atoms with E-state index >= 15 is 0 Å². The number of alkyl halides is 3. The van der Waals surface area contributed by atoms with Crippen LogP contribution in [0.2, 0.25) is 5.02 Å². The van der Waals surface area contributed by atoms with Gasteiger partial charge in [-0.05, 0) is 6.42 Å². The zero-order chi connectivity index (χ0) is 17.5. The monoisotopic (exact) mass is 353 g/mol. The van der Waals surface area contributed by atoms with Crippen molar-refractivity contribution in [3.8, 4) is 0 Å². The van der Waals surface area contributed by atoms with Gasteiger partial charge in [0.2, 0.25) is 11.6 Å². The van der Waals surface area contributed by atoms with E-state index in [1.165, 1.54) is 0 Å². The highest BCUT2D eigenvalue weighted by atomic mass is 35.5. The van der Waals surface area contributed by atoms with E-state index in [1.807, 2.05) is 0 Å². The summed E-state index contributed by atoms with van der Waals surface area (Å²) in [5.74, 6) is -0.660. The number of hydrogen-bond acceptors (Lipinski definition) is 5. The fourth-order valence-electron chi connectivity index (χ4n) is 2.28. The molecule has 1 fully saturated rings. The molecule has 12 heteroatoms. The summed E-state index contributed by atoms with van der Waals surface area (Å²) in [6.07, 6.45) is -4.88. The molecule has 8 nitrogen and oxygen atoms in total. The van der Waals surface area contributed by atoms with Crippen LogP contribution < -0.4 is 4.90 Å². The average molecular weight is 354 g/mol. The summed E-state index contributed by atoms with van der Waals surface area (Å²) in [5, 5.41) is 20.9. The second-order valence-corrected chi connectivity index (χ2v) is 4.99. The van der Waals surface area contributed by atoms with E-state index in [-0.39, 0.29) is 25.5 Å². The first-order chi connectivity index (χ1) is 10.6. The Kier molecular flexibility index (Phi) is 4.16. The van der Waals surface area contributed by atoms with Gasteiger partial charge in [0, 0.05) is 19.0 Å². The van der Waals surface area contributed by atoms with Crippen molar-refractivity contribution in [2.45, 2.75) is 19.0 Å². The third-order valence-electron chi connectivity index (χ3n) is 3.22. The molecule has 1 saturated heterocycles. The first-order valence-corrected chi connectivity index (χ1v) is 6.46. The predicted molar refractivity (Wildman–Crippen MR) is 71.3 cm³/mol. The Labute approximate surface area is 130 Å². The molecule has 0 atom stereocenters. The number of nitrogens with zero attached hydrogens (tertiary/aromatic N) is 3. The van der Waals surface area contributed by atoms with Gasteiger partial charge in [-0.25, -0.2) is 0 Å². The summed E-state index contributed by atoms with van der Waals surface area (Å²) in [4.78, 5) is 32.2. The van der Waals surface area contributed by atoms with Crippen molar-refractivity contribution in [2.24, 2.45) is 0 Å². The zero-order valence-corrected chi connectivity index (χ0v) is 11.8. The summed E-state index contributed by atoms with van der Waals surface area (Å²) in [6.45, 7) is -0.0811. The fraction of sp³-hybridized carbons (Fsp3) is 0.364. The Hall–Kier alpha value is -2.43. The van der Waals surface area contributed by atoms with Crippen molar-refractivity contribution in [1.82, 2.24) is 0 Å². The van der Waals surface area contributed by atoms with Gasteiger partial charge in [-0.1, -0.05) is 11.6 Å². The summed E-state index contributed by atoms with van der Waals surface area (Å²) in [6, 6.07) is 0.107. The molecule has 1 amide bonds. The van der Waals surface area contributed by atoms with Crippen LogP contribution in [0.15, 0.2) is 6.07 Å². The lowest BCUT2D eigenvalue weighted by molar-refractivity contribution is -0.392. The molecule has 1 aliphatic rings. The maximum atomic E-state index is 12.9. The first-order valence-electron chi connectivity index (χ1n) is 6.08. The molecule has 0 bridgehead atoms. The van der Waals surface area contributed by atoms with Crippen molar-refractivity contribution < 1.29 is 27.8 Å². The van der Waals surface area contributed by atoms with Gasteiger partial charge in [0.25, 0.3) is 0 Å². The number of rotatable bonds is 3. The molecule has 0 radical (unpaired) electrons. The summed E-state index contributed by atoms with van der Waals surface area (Å²) in [7, 11) is 0. The molecule has 0 N–H and O–H groups in total. The number of hydrogen-bond donors (Lipinski definition) is 0. The molecule has 1 heterocycles. The normalized spacial score (nSPS) is 15.1. The Morgan fingerprint density at radius 2 is 1.83 bits per heavy atom. The number of benzene rings is 1. The van der Waals surface area contributed by atoms with Gasteiger partial charge in [0.15, 0.2) is 0 Å². The quantitative estimate of drug-likeness (QED) is 0.612. The highest BCUT2D eigenvalue weighted by molar-refractivity contribution is 6.34. The van der Waals surface area contributed by atoms with Crippen LogP contribution in [0, 0.1) is 20.2 Å². The number of halogens is 4. The number of carbonyl (C=O) groups is 1. The van der Waals surface area contributed by atoms with Gasteiger partial charge in [-0.2, -0.15) is 13.2 Å². The SMILES string of the molecule is O=C1CCCN1c1c([N+](=O)[O-])cc(C(F)(F)F)c(Cl)c1[N+](=O)[O-]. The highest BCUT2D eigenvalue weighted by Gasteiger charge is 2.44. The highest BCUT2D eigenvalue weighted by Crippen LogP contribution is 2.49. The van der Waals surface area contributed by atoms with Crippen LogP contribution in [0.3, 0.4) is 0 Å². The summed E-state index contributed by atoms with van der Waals surface area (Å²) in [5.41, 5.74) is -5.01.